The van der Waals surface area contributed by atoms with Crippen LogP contribution in [0.1, 0.15) is 0 Å². The Morgan fingerprint density at radius 2 is 1.85 bits per heavy atom. The zero-order chi connectivity index (χ0) is 15.3. The molecule has 2 aromatic rings. The predicted molar refractivity (Wildman–Crippen MR) is 70.6 cm³/mol. The smallest absolute Gasteiger partial charge is 0.394 e. The second-order valence-corrected chi connectivity index (χ2v) is 4.30. The zero-order valence-corrected chi connectivity index (χ0v) is 10.7. The van der Waals surface area contributed by atoms with Crippen molar-refractivity contribution in [1.82, 2.24) is 4.98 Å². The van der Waals surface area contributed by atoms with Gasteiger partial charge in [0.15, 0.2) is 5.69 Å². The minimum atomic E-state index is -4.67. The molecule has 7 N–H and O–H groups in total. The van der Waals surface area contributed by atoms with E-state index in [9.17, 15) is 5.11 Å². The van der Waals surface area contributed by atoms with E-state index in [1.54, 1.807) is 6.07 Å². The number of para-hydroxylation sites is 1. The van der Waals surface area contributed by atoms with Gasteiger partial charge in [-0.2, -0.15) is 8.42 Å². The van der Waals surface area contributed by atoms with Gasteiger partial charge in [0.25, 0.3) is 0 Å². The lowest BCUT2D eigenvalue weighted by Crippen LogP contribution is -2.03. The number of hydrogen-bond acceptors (Lipinski definition) is 5. The van der Waals surface area contributed by atoms with Crippen molar-refractivity contribution in [1.29, 1.82) is 5.41 Å². The summed E-state index contributed by atoms with van der Waals surface area (Å²) in [6.45, 7) is 0. The monoisotopic (exact) mass is 301 g/mol. The molecule has 1 aromatic carbocycles. The SMILES string of the molecule is N=C(N)N=Nc1c(O)[nH]c2ccccc12.O=S(=O)(O)O. The number of hydrogen-bond donors (Lipinski definition) is 6. The molecule has 0 atom stereocenters. The highest BCUT2D eigenvalue weighted by molar-refractivity contribution is 7.79. The van der Waals surface area contributed by atoms with Crippen LogP contribution < -0.4 is 5.73 Å². The maximum Gasteiger partial charge on any atom is 0.394 e. The van der Waals surface area contributed by atoms with Crippen LogP contribution in [0.4, 0.5) is 5.69 Å². The summed E-state index contributed by atoms with van der Waals surface area (Å²) in [5, 5.41) is 24.2. The summed E-state index contributed by atoms with van der Waals surface area (Å²) in [6, 6.07) is 7.26. The number of aromatic amines is 1. The van der Waals surface area contributed by atoms with Gasteiger partial charge in [-0.3, -0.25) is 14.5 Å². The Kier molecular flexibility index (Phi) is 4.74. The molecular weight excluding hydrogens is 290 g/mol. The number of guanidine groups is 1. The topological polar surface area (TPSA) is 185 Å². The molecule has 20 heavy (non-hydrogen) atoms. The molecule has 108 valence electrons. The third kappa shape index (κ3) is 5.01. The normalized spacial score (nSPS) is 11.3. The fourth-order valence-corrected chi connectivity index (χ4v) is 1.32. The average Bonchev–Trinajstić information content (AvgIpc) is 2.59. The van der Waals surface area contributed by atoms with Gasteiger partial charge in [-0.15, -0.1) is 10.2 Å². The van der Waals surface area contributed by atoms with Crippen molar-refractivity contribution < 1.29 is 22.6 Å². The summed E-state index contributed by atoms with van der Waals surface area (Å²) in [4.78, 5) is 2.74. The van der Waals surface area contributed by atoms with Crippen LogP contribution >= 0.6 is 0 Å². The first kappa shape index (κ1) is 15.6. The number of fused-ring (bicyclic) bond motifs is 1. The van der Waals surface area contributed by atoms with Gasteiger partial charge in [-0.1, -0.05) is 18.2 Å². The van der Waals surface area contributed by atoms with Crippen molar-refractivity contribution in [3.63, 3.8) is 0 Å². The van der Waals surface area contributed by atoms with E-state index in [1.165, 1.54) is 0 Å². The van der Waals surface area contributed by atoms with Crippen LogP contribution in [-0.2, 0) is 10.4 Å². The van der Waals surface area contributed by atoms with Gasteiger partial charge in [0, 0.05) is 5.39 Å². The molecule has 0 bridgehead atoms. The fourth-order valence-electron chi connectivity index (χ4n) is 1.32. The van der Waals surface area contributed by atoms with Crippen molar-refractivity contribution in [3.8, 4) is 5.88 Å². The molecule has 10 nitrogen and oxygen atoms in total. The largest absolute Gasteiger partial charge is 0.493 e. The minimum absolute atomic E-state index is 0.0822. The third-order valence-corrected chi connectivity index (χ3v) is 1.92. The van der Waals surface area contributed by atoms with Crippen LogP contribution in [-0.4, -0.2) is 33.6 Å². The molecular formula is C9H11N5O5S. The van der Waals surface area contributed by atoms with Crippen LogP contribution in [0.25, 0.3) is 10.9 Å². The van der Waals surface area contributed by atoms with E-state index >= 15 is 0 Å². The van der Waals surface area contributed by atoms with Gasteiger partial charge in [0.2, 0.25) is 11.8 Å². The van der Waals surface area contributed by atoms with E-state index in [2.05, 4.69) is 15.2 Å². The third-order valence-electron chi connectivity index (χ3n) is 1.92. The summed E-state index contributed by atoms with van der Waals surface area (Å²) in [5.74, 6) is -0.485. The lowest BCUT2D eigenvalue weighted by Gasteiger charge is -1.89. The zero-order valence-electron chi connectivity index (χ0n) is 9.85. The molecule has 0 aliphatic rings. The highest BCUT2D eigenvalue weighted by Crippen LogP contribution is 2.34. The van der Waals surface area contributed by atoms with E-state index in [4.69, 9.17) is 28.7 Å². The fraction of sp³-hybridized carbons (Fsp3) is 0. The van der Waals surface area contributed by atoms with Crippen LogP contribution in [0.3, 0.4) is 0 Å². The van der Waals surface area contributed by atoms with Gasteiger partial charge in [0.1, 0.15) is 0 Å². The maximum atomic E-state index is 9.53. The van der Waals surface area contributed by atoms with E-state index in [-0.39, 0.29) is 5.88 Å². The molecule has 0 saturated carbocycles. The summed E-state index contributed by atoms with van der Waals surface area (Å²) < 4.78 is 31.6. The first-order valence-corrected chi connectivity index (χ1v) is 6.33. The summed E-state index contributed by atoms with van der Waals surface area (Å²) in [6.07, 6.45) is 0. The quantitative estimate of drug-likeness (QED) is 0.199. The summed E-state index contributed by atoms with van der Waals surface area (Å²) >= 11 is 0. The molecule has 0 unspecified atom stereocenters. The van der Waals surface area contributed by atoms with Crippen LogP contribution in [0.15, 0.2) is 34.5 Å². The van der Waals surface area contributed by atoms with Gasteiger partial charge >= 0.3 is 10.4 Å². The van der Waals surface area contributed by atoms with E-state index in [1.807, 2.05) is 18.2 Å². The Hall–Kier alpha value is -2.50. The molecule has 0 amide bonds. The van der Waals surface area contributed by atoms with Crippen molar-refractivity contribution in [3.05, 3.63) is 24.3 Å². The molecule has 1 heterocycles. The highest BCUT2D eigenvalue weighted by atomic mass is 32.3. The highest BCUT2D eigenvalue weighted by Gasteiger charge is 2.08. The Morgan fingerprint density at radius 3 is 2.40 bits per heavy atom. The summed E-state index contributed by atoms with van der Waals surface area (Å²) in [7, 11) is -4.67. The van der Waals surface area contributed by atoms with E-state index in [0.29, 0.717) is 5.69 Å². The van der Waals surface area contributed by atoms with E-state index < -0.39 is 16.4 Å². The number of nitrogens with two attached hydrogens (primary N) is 1. The number of aromatic nitrogens is 1. The van der Waals surface area contributed by atoms with Crippen molar-refractivity contribution in [2.45, 2.75) is 0 Å². The van der Waals surface area contributed by atoms with E-state index in [0.717, 1.165) is 10.9 Å². The average molecular weight is 301 g/mol. The maximum absolute atomic E-state index is 9.53. The Morgan fingerprint density at radius 1 is 1.30 bits per heavy atom. The molecule has 0 aliphatic carbocycles. The minimum Gasteiger partial charge on any atom is -0.493 e. The van der Waals surface area contributed by atoms with Gasteiger partial charge in [-0.25, -0.2) is 0 Å². The lowest BCUT2D eigenvalue weighted by molar-refractivity contribution is 0.381. The number of nitrogens with zero attached hydrogens (tertiary/aromatic N) is 2. The standard InChI is InChI=1S/C9H9N5O.H2O4S/c10-9(11)14-13-7-5-3-1-2-4-6(5)12-8(7)15;1-5(2,3)4/h1-4,12,15H,(H3,10,11);(H2,1,2,3,4). The molecule has 11 heteroatoms. The number of azo groups is 1. The van der Waals surface area contributed by atoms with Gasteiger partial charge in [0.05, 0.1) is 5.52 Å². The van der Waals surface area contributed by atoms with Crippen molar-refractivity contribution in [2.24, 2.45) is 16.0 Å². The predicted octanol–water partition coefficient (Wildman–Crippen LogP) is 1.20. The summed E-state index contributed by atoms with van der Waals surface area (Å²) in [5.41, 5.74) is 6.08. The second-order valence-electron chi connectivity index (χ2n) is 3.40. The van der Waals surface area contributed by atoms with Crippen molar-refractivity contribution in [2.75, 3.05) is 0 Å². The lowest BCUT2D eigenvalue weighted by atomic mass is 10.2. The number of H-pyrrole nitrogens is 1. The first-order valence-electron chi connectivity index (χ1n) is 4.94. The van der Waals surface area contributed by atoms with Crippen LogP contribution in [0, 0.1) is 5.41 Å². The molecule has 1 aromatic heterocycles. The molecule has 2 rings (SSSR count). The Labute approximate surface area is 113 Å². The molecule has 0 aliphatic heterocycles. The molecule has 0 saturated heterocycles. The molecule has 0 radical (unpaired) electrons. The van der Waals surface area contributed by atoms with Crippen LogP contribution in [0.5, 0.6) is 5.88 Å². The molecule has 0 fully saturated rings. The number of nitrogens with one attached hydrogen (secondary N) is 2. The van der Waals surface area contributed by atoms with Crippen molar-refractivity contribution >= 4 is 32.9 Å². The van der Waals surface area contributed by atoms with Gasteiger partial charge < -0.3 is 15.8 Å². The second kappa shape index (κ2) is 6.10. The Bertz CT molecular complexity index is 743. The number of rotatable bonds is 1. The van der Waals surface area contributed by atoms with Crippen LogP contribution in [0.2, 0.25) is 0 Å². The number of aromatic hydroxyl groups is 1. The molecule has 0 spiro atoms. The van der Waals surface area contributed by atoms with Gasteiger partial charge in [-0.05, 0) is 6.07 Å². The number of benzene rings is 1. The first-order chi connectivity index (χ1) is 9.18. The Balaban J connectivity index is 0.000000347.